The van der Waals surface area contributed by atoms with E-state index in [-0.39, 0.29) is 0 Å². The molecule has 0 N–H and O–H groups in total. The molecule has 2 rings (SSSR count). The van der Waals surface area contributed by atoms with Crippen LogP contribution in [0.5, 0.6) is 0 Å². The first kappa shape index (κ1) is 11.2. The smallest absolute Gasteiger partial charge is 0.151 e. The Morgan fingerprint density at radius 1 is 1.20 bits per heavy atom. The number of nitrogens with zero attached hydrogens (tertiary/aromatic N) is 2. The van der Waals surface area contributed by atoms with E-state index in [9.17, 15) is 0 Å². The van der Waals surface area contributed by atoms with Gasteiger partial charge in [0.15, 0.2) is 5.15 Å². The first-order valence-corrected chi connectivity index (χ1v) is 6.87. The highest BCUT2D eigenvalue weighted by molar-refractivity contribution is 7.99. The Labute approximate surface area is 99.8 Å². The third kappa shape index (κ3) is 3.65. The number of aromatic nitrogens is 2. The van der Waals surface area contributed by atoms with Crippen LogP contribution in [0, 0.1) is 0 Å². The summed E-state index contributed by atoms with van der Waals surface area (Å²) in [6.45, 7) is 0. The summed E-state index contributed by atoms with van der Waals surface area (Å²) in [7, 11) is 0. The standard InChI is InChI=1S/C11H15ClN2S/c12-11-7-6-9(13-14-11)8-15-10-4-2-1-3-5-10/h6-7,10H,1-5,8H2. The molecule has 1 aliphatic carbocycles. The van der Waals surface area contributed by atoms with E-state index >= 15 is 0 Å². The van der Waals surface area contributed by atoms with Crippen molar-refractivity contribution in [2.75, 3.05) is 0 Å². The Kier molecular flexibility index (Phi) is 4.27. The topological polar surface area (TPSA) is 25.8 Å². The molecular formula is C11H15ClN2S. The molecule has 0 unspecified atom stereocenters. The Hall–Kier alpha value is -0.280. The average Bonchev–Trinajstić information content (AvgIpc) is 2.30. The Morgan fingerprint density at radius 2 is 2.00 bits per heavy atom. The highest BCUT2D eigenvalue weighted by Gasteiger charge is 2.13. The zero-order valence-corrected chi connectivity index (χ0v) is 10.2. The van der Waals surface area contributed by atoms with Gasteiger partial charge in [0.2, 0.25) is 0 Å². The van der Waals surface area contributed by atoms with E-state index in [1.54, 1.807) is 0 Å². The highest BCUT2D eigenvalue weighted by Crippen LogP contribution is 2.29. The first-order chi connectivity index (χ1) is 7.34. The molecule has 0 spiro atoms. The van der Waals surface area contributed by atoms with E-state index in [2.05, 4.69) is 10.2 Å². The summed E-state index contributed by atoms with van der Waals surface area (Å²) in [5.41, 5.74) is 1.04. The molecule has 0 radical (unpaired) electrons. The molecule has 4 heteroatoms. The maximum atomic E-state index is 5.68. The van der Waals surface area contributed by atoms with Gasteiger partial charge in [-0.3, -0.25) is 0 Å². The molecule has 0 amide bonds. The van der Waals surface area contributed by atoms with Gasteiger partial charge in [-0.15, -0.1) is 5.10 Å². The minimum Gasteiger partial charge on any atom is -0.153 e. The third-order valence-electron chi connectivity index (χ3n) is 2.71. The van der Waals surface area contributed by atoms with Crippen molar-refractivity contribution >= 4 is 23.4 Å². The van der Waals surface area contributed by atoms with Crippen LogP contribution in [0.3, 0.4) is 0 Å². The number of rotatable bonds is 3. The second-order valence-corrected chi connectivity index (χ2v) is 5.59. The summed E-state index contributed by atoms with van der Waals surface area (Å²) < 4.78 is 0. The van der Waals surface area contributed by atoms with E-state index < -0.39 is 0 Å². The maximum Gasteiger partial charge on any atom is 0.151 e. The summed E-state index contributed by atoms with van der Waals surface area (Å²) in [6.07, 6.45) is 6.93. The Bertz CT molecular complexity index is 296. The van der Waals surface area contributed by atoms with E-state index in [1.165, 1.54) is 32.1 Å². The third-order valence-corrected chi connectivity index (χ3v) is 4.31. The second kappa shape index (κ2) is 5.71. The van der Waals surface area contributed by atoms with E-state index in [1.807, 2.05) is 23.9 Å². The molecule has 1 aliphatic rings. The molecule has 0 atom stereocenters. The van der Waals surface area contributed by atoms with Gasteiger partial charge in [0, 0.05) is 11.0 Å². The minimum absolute atomic E-state index is 0.474. The van der Waals surface area contributed by atoms with Crippen LogP contribution < -0.4 is 0 Å². The van der Waals surface area contributed by atoms with Crippen LogP contribution in [0.15, 0.2) is 12.1 Å². The summed E-state index contributed by atoms with van der Waals surface area (Å²) in [5, 5.41) is 9.21. The van der Waals surface area contributed by atoms with Gasteiger partial charge in [0.25, 0.3) is 0 Å². The summed E-state index contributed by atoms with van der Waals surface area (Å²) >= 11 is 7.69. The van der Waals surface area contributed by atoms with Gasteiger partial charge in [-0.1, -0.05) is 30.9 Å². The number of halogens is 1. The van der Waals surface area contributed by atoms with Crippen molar-refractivity contribution in [1.29, 1.82) is 0 Å². The van der Waals surface area contributed by atoms with Crippen molar-refractivity contribution in [3.8, 4) is 0 Å². The zero-order valence-electron chi connectivity index (χ0n) is 8.66. The van der Waals surface area contributed by atoms with Crippen LogP contribution in [0.2, 0.25) is 5.15 Å². The predicted octanol–water partition coefficient (Wildman–Crippen LogP) is 3.70. The van der Waals surface area contributed by atoms with Crippen LogP contribution in [-0.2, 0) is 5.75 Å². The SMILES string of the molecule is Clc1ccc(CSC2CCCCC2)nn1. The molecular weight excluding hydrogens is 228 g/mol. The number of hydrogen-bond donors (Lipinski definition) is 0. The molecule has 82 valence electrons. The Morgan fingerprint density at radius 3 is 2.67 bits per heavy atom. The molecule has 1 fully saturated rings. The van der Waals surface area contributed by atoms with Gasteiger partial charge in [0.1, 0.15) is 0 Å². The molecule has 1 saturated carbocycles. The fraction of sp³-hybridized carbons (Fsp3) is 0.636. The second-order valence-electron chi connectivity index (χ2n) is 3.92. The van der Waals surface area contributed by atoms with Gasteiger partial charge in [-0.05, 0) is 25.0 Å². The first-order valence-electron chi connectivity index (χ1n) is 5.44. The Balaban J connectivity index is 1.79. The van der Waals surface area contributed by atoms with Crippen LogP contribution in [-0.4, -0.2) is 15.4 Å². The van der Waals surface area contributed by atoms with Crippen LogP contribution in [0.1, 0.15) is 37.8 Å². The lowest BCUT2D eigenvalue weighted by Crippen LogP contribution is -2.08. The van der Waals surface area contributed by atoms with Gasteiger partial charge >= 0.3 is 0 Å². The fourth-order valence-electron chi connectivity index (χ4n) is 1.86. The number of thioether (sulfide) groups is 1. The summed E-state index contributed by atoms with van der Waals surface area (Å²) in [5.74, 6) is 0.967. The maximum absolute atomic E-state index is 5.68. The van der Waals surface area contributed by atoms with Crippen LogP contribution in [0.4, 0.5) is 0 Å². The van der Waals surface area contributed by atoms with Crippen LogP contribution in [0.25, 0.3) is 0 Å². The largest absolute Gasteiger partial charge is 0.153 e. The lowest BCUT2D eigenvalue weighted by Gasteiger charge is -2.20. The minimum atomic E-state index is 0.474. The van der Waals surface area contributed by atoms with E-state index in [4.69, 9.17) is 11.6 Å². The van der Waals surface area contributed by atoms with Gasteiger partial charge in [-0.25, -0.2) is 0 Å². The summed E-state index contributed by atoms with van der Waals surface area (Å²) in [6, 6.07) is 3.77. The van der Waals surface area contributed by atoms with Gasteiger partial charge in [-0.2, -0.15) is 16.9 Å². The van der Waals surface area contributed by atoms with E-state index in [0.717, 1.165) is 16.7 Å². The average molecular weight is 243 g/mol. The highest BCUT2D eigenvalue weighted by atomic mass is 35.5. The molecule has 1 aromatic rings. The van der Waals surface area contributed by atoms with Gasteiger partial charge < -0.3 is 0 Å². The quantitative estimate of drug-likeness (QED) is 0.809. The lowest BCUT2D eigenvalue weighted by atomic mass is 10.0. The molecule has 2 nitrogen and oxygen atoms in total. The van der Waals surface area contributed by atoms with Crippen molar-refractivity contribution in [3.63, 3.8) is 0 Å². The van der Waals surface area contributed by atoms with Crippen molar-refractivity contribution < 1.29 is 0 Å². The molecule has 0 bridgehead atoms. The molecule has 0 aromatic carbocycles. The monoisotopic (exact) mass is 242 g/mol. The van der Waals surface area contributed by atoms with E-state index in [0.29, 0.717) is 5.15 Å². The predicted molar refractivity (Wildman–Crippen MR) is 65.2 cm³/mol. The zero-order chi connectivity index (χ0) is 10.5. The molecule has 15 heavy (non-hydrogen) atoms. The summed E-state index contributed by atoms with van der Waals surface area (Å²) in [4.78, 5) is 0. The molecule has 1 heterocycles. The lowest BCUT2D eigenvalue weighted by molar-refractivity contribution is 0.516. The molecule has 0 aliphatic heterocycles. The molecule has 0 saturated heterocycles. The van der Waals surface area contributed by atoms with Gasteiger partial charge in [0.05, 0.1) is 5.69 Å². The fourth-order valence-corrected chi connectivity index (χ4v) is 3.18. The number of hydrogen-bond acceptors (Lipinski definition) is 3. The normalized spacial score (nSPS) is 17.9. The van der Waals surface area contributed by atoms with Crippen molar-refractivity contribution in [3.05, 3.63) is 23.0 Å². The molecule has 1 aromatic heterocycles. The van der Waals surface area contributed by atoms with Crippen molar-refractivity contribution in [2.24, 2.45) is 0 Å². The van der Waals surface area contributed by atoms with Crippen molar-refractivity contribution in [1.82, 2.24) is 10.2 Å². The van der Waals surface area contributed by atoms with Crippen molar-refractivity contribution in [2.45, 2.75) is 43.1 Å². The van der Waals surface area contributed by atoms with Crippen LogP contribution >= 0.6 is 23.4 Å².